The number of nitrogens with one attached hydrogen (secondary N) is 1. The molecule has 0 aliphatic heterocycles. The fourth-order valence-corrected chi connectivity index (χ4v) is 5.59. The number of sulfonamides is 1. The largest absolute Gasteiger partial charge is 0.493 e. The van der Waals surface area contributed by atoms with Crippen molar-refractivity contribution in [3.63, 3.8) is 0 Å². The third-order valence-corrected chi connectivity index (χ3v) is 8.22. The summed E-state index contributed by atoms with van der Waals surface area (Å²) in [6.45, 7) is 2.89. The van der Waals surface area contributed by atoms with E-state index in [9.17, 15) is 18.0 Å². The minimum Gasteiger partial charge on any atom is -0.493 e. The molecular weight excluding hydrogens is 542 g/mol. The van der Waals surface area contributed by atoms with Crippen LogP contribution in [0.2, 0.25) is 5.02 Å². The van der Waals surface area contributed by atoms with Crippen molar-refractivity contribution in [3.05, 3.63) is 82.9 Å². The van der Waals surface area contributed by atoms with Gasteiger partial charge in [0.05, 0.1) is 24.8 Å². The van der Waals surface area contributed by atoms with Gasteiger partial charge in [-0.25, -0.2) is 8.42 Å². The fourth-order valence-electron chi connectivity index (χ4n) is 3.97. The van der Waals surface area contributed by atoms with Gasteiger partial charge in [0, 0.05) is 24.7 Å². The van der Waals surface area contributed by atoms with Crippen LogP contribution in [0, 0.1) is 6.92 Å². The van der Waals surface area contributed by atoms with Gasteiger partial charge in [-0.2, -0.15) is 0 Å². The maximum atomic E-state index is 13.9. The number of amides is 2. The molecule has 0 saturated heterocycles. The number of aryl methyl sites for hydroxylation is 1. The first-order chi connectivity index (χ1) is 18.5. The van der Waals surface area contributed by atoms with E-state index >= 15 is 0 Å². The van der Waals surface area contributed by atoms with E-state index in [1.54, 1.807) is 49.4 Å². The van der Waals surface area contributed by atoms with Crippen molar-refractivity contribution in [2.75, 3.05) is 32.1 Å². The molecule has 11 heteroatoms. The Morgan fingerprint density at radius 1 is 0.974 bits per heavy atom. The number of anilines is 1. The van der Waals surface area contributed by atoms with Gasteiger partial charge >= 0.3 is 0 Å². The van der Waals surface area contributed by atoms with E-state index in [0.717, 1.165) is 9.87 Å². The first-order valence-electron chi connectivity index (χ1n) is 12.1. The Bertz CT molecular complexity index is 1430. The summed E-state index contributed by atoms with van der Waals surface area (Å²) in [5, 5.41) is 3.02. The maximum Gasteiger partial charge on any atom is 0.264 e. The molecule has 0 bridgehead atoms. The van der Waals surface area contributed by atoms with Crippen molar-refractivity contribution in [1.82, 2.24) is 10.2 Å². The minimum atomic E-state index is -4.21. The number of hydrogen-bond acceptors (Lipinski definition) is 6. The van der Waals surface area contributed by atoms with Crippen molar-refractivity contribution >= 4 is 39.1 Å². The highest BCUT2D eigenvalue weighted by atomic mass is 35.5. The van der Waals surface area contributed by atoms with E-state index in [1.807, 2.05) is 6.92 Å². The molecule has 3 aromatic carbocycles. The zero-order valence-corrected chi connectivity index (χ0v) is 24.0. The Labute approximate surface area is 234 Å². The molecule has 0 unspecified atom stereocenters. The lowest BCUT2D eigenvalue weighted by molar-refractivity contribution is -0.139. The number of rotatable bonds is 11. The smallest absolute Gasteiger partial charge is 0.264 e. The van der Waals surface area contributed by atoms with E-state index in [2.05, 4.69) is 5.32 Å². The Hall–Kier alpha value is -3.76. The summed E-state index contributed by atoms with van der Waals surface area (Å²) >= 11 is 6.14. The summed E-state index contributed by atoms with van der Waals surface area (Å²) in [6, 6.07) is 16.9. The highest BCUT2D eigenvalue weighted by Crippen LogP contribution is 2.34. The predicted molar refractivity (Wildman–Crippen MR) is 151 cm³/mol. The molecule has 0 saturated carbocycles. The van der Waals surface area contributed by atoms with E-state index in [1.165, 1.54) is 50.4 Å². The van der Waals surface area contributed by atoms with E-state index < -0.39 is 34.4 Å². The fraction of sp³-hybridized carbons (Fsp3) is 0.286. The molecule has 39 heavy (non-hydrogen) atoms. The molecule has 9 nitrogen and oxygen atoms in total. The molecule has 2 amide bonds. The zero-order chi connectivity index (χ0) is 28.7. The van der Waals surface area contributed by atoms with Gasteiger partial charge in [0.25, 0.3) is 10.0 Å². The molecule has 1 atom stereocenters. The Kier molecular flexibility index (Phi) is 9.82. The van der Waals surface area contributed by atoms with Crippen LogP contribution in [0.4, 0.5) is 5.69 Å². The van der Waals surface area contributed by atoms with Gasteiger partial charge < -0.3 is 19.7 Å². The number of methoxy groups -OCH3 is 2. The molecule has 3 rings (SSSR count). The van der Waals surface area contributed by atoms with Gasteiger partial charge in [-0.3, -0.25) is 13.9 Å². The summed E-state index contributed by atoms with van der Waals surface area (Å²) in [5.41, 5.74) is 1.76. The summed E-state index contributed by atoms with van der Waals surface area (Å²) in [5.74, 6) is -0.293. The molecule has 3 aromatic rings. The zero-order valence-electron chi connectivity index (χ0n) is 22.5. The van der Waals surface area contributed by atoms with Gasteiger partial charge in [0.15, 0.2) is 11.5 Å². The Morgan fingerprint density at radius 2 is 1.64 bits per heavy atom. The quantitative estimate of drug-likeness (QED) is 0.371. The number of likely N-dealkylation sites (N-methyl/N-ethyl adjacent to an activating group) is 1. The number of halogens is 1. The summed E-state index contributed by atoms with van der Waals surface area (Å²) in [7, 11) is 0.165. The maximum absolute atomic E-state index is 13.9. The lowest BCUT2D eigenvalue weighted by atomic mass is 10.1. The topological polar surface area (TPSA) is 105 Å². The van der Waals surface area contributed by atoms with Gasteiger partial charge in [0.1, 0.15) is 12.6 Å². The summed E-state index contributed by atoms with van der Waals surface area (Å²) in [6.07, 6.45) is 0. The van der Waals surface area contributed by atoms with Gasteiger partial charge in [-0.15, -0.1) is 0 Å². The van der Waals surface area contributed by atoms with Crippen LogP contribution in [-0.4, -0.2) is 59.0 Å². The lowest BCUT2D eigenvalue weighted by Crippen LogP contribution is -2.50. The van der Waals surface area contributed by atoms with E-state index in [4.69, 9.17) is 21.1 Å². The van der Waals surface area contributed by atoms with Crippen LogP contribution in [-0.2, 0) is 26.2 Å². The van der Waals surface area contributed by atoms with Gasteiger partial charge in [-0.1, -0.05) is 41.4 Å². The van der Waals surface area contributed by atoms with Crippen LogP contribution in [0.3, 0.4) is 0 Å². The van der Waals surface area contributed by atoms with Crippen LogP contribution in [0.5, 0.6) is 11.5 Å². The predicted octanol–water partition coefficient (Wildman–Crippen LogP) is 4.02. The molecule has 0 spiro atoms. The normalized spacial score (nSPS) is 11.8. The third-order valence-electron chi connectivity index (χ3n) is 6.20. The first-order valence-corrected chi connectivity index (χ1v) is 13.9. The monoisotopic (exact) mass is 573 g/mol. The van der Waals surface area contributed by atoms with Crippen LogP contribution in [0.1, 0.15) is 18.1 Å². The highest BCUT2D eigenvalue weighted by molar-refractivity contribution is 7.92. The van der Waals surface area contributed by atoms with Crippen molar-refractivity contribution in [3.8, 4) is 11.5 Å². The second-order valence-electron chi connectivity index (χ2n) is 8.81. The van der Waals surface area contributed by atoms with Gasteiger partial charge in [0.2, 0.25) is 11.8 Å². The molecule has 0 aliphatic carbocycles. The number of nitrogens with zero attached hydrogens (tertiary/aromatic N) is 2. The third kappa shape index (κ3) is 7.01. The van der Waals surface area contributed by atoms with Gasteiger partial charge in [-0.05, 0) is 55.8 Å². The summed E-state index contributed by atoms with van der Waals surface area (Å²) in [4.78, 5) is 27.8. The minimum absolute atomic E-state index is 0.0106. The van der Waals surface area contributed by atoms with Crippen LogP contribution >= 0.6 is 11.6 Å². The van der Waals surface area contributed by atoms with Crippen molar-refractivity contribution in [2.45, 2.75) is 31.3 Å². The second kappa shape index (κ2) is 12.9. The van der Waals surface area contributed by atoms with Crippen molar-refractivity contribution < 1.29 is 27.5 Å². The Morgan fingerprint density at radius 3 is 2.23 bits per heavy atom. The first kappa shape index (κ1) is 29.8. The van der Waals surface area contributed by atoms with Crippen molar-refractivity contribution in [1.29, 1.82) is 0 Å². The molecule has 0 heterocycles. The van der Waals surface area contributed by atoms with Crippen LogP contribution in [0.15, 0.2) is 71.6 Å². The van der Waals surface area contributed by atoms with Crippen LogP contribution < -0.4 is 19.1 Å². The number of ether oxygens (including phenoxy) is 2. The average molecular weight is 574 g/mol. The second-order valence-corrected chi connectivity index (χ2v) is 11.1. The SMILES string of the molecule is CNC(=O)[C@@H](C)N(Cc1cccc(Cl)c1)C(=O)CN(c1ccc(OC)c(OC)c1)S(=O)(=O)c1ccc(C)cc1. The summed E-state index contributed by atoms with van der Waals surface area (Å²) < 4.78 is 39.5. The number of carbonyl (C=O) groups is 2. The molecule has 0 aromatic heterocycles. The van der Waals surface area contributed by atoms with E-state index in [-0.39, 0.29) is 17.1 Å². The van der Waals surface area contributed by atoms with Crippen molar-refractivity contribution in [2.24, 2.45) is 0 Å². The standard InChI is InChI=1S/C28H32ClN3O6S/c1-19-9-12-24(13-10-19)39(35,36)32(23-11-14-25(37-4)26(16-23)38-5)18-27(33)31(20(2)28(34)30-3)17-21-7-6-8-22(29)15-21/h6-16,20H,17-18H2,1-5H3,(H,30,34)/t20-/m1/s1. The molecule has 1 N–H and O–H groups in total. The molecule has 208 valence electrons. The molecular formula is C28H32ClN3O6S. The van der Waals surface area contributed by atoms with Crippen LogP contribution in [0.25, 0.3) is 0 Å². The molecule has 0 radical (unpaired) electrons. The van der Waals surface area contributed by atoms with E-state index in [0.29, 0.717) is 22.1 Å². The molecule has 0 fully saturated rings. The average Bonchev–Trinajstić information content (AvgIpc) is 2.93. The highest BCUT2D eigenvalue weighted by Gasteiger charge is 2.32. The lowest BCUT2D eigenvalue weighted by Gasteiger charge is -2.32. The number of carbonyl (C=O) groups excluding carboxylic acids is 2. The Balaban J connectivity index is 2.09. The number of benzene rings is 3. The number of hydrogen-bond donors (Lipinski definition) is 1. The molecule has 0 aliphatic rings.